The molecular formula is C24H28N4O2. The van der Waals surface area contributed by atoms with Gasteiger partial charge in [0.1, 0.15) is 5.69 Å². The van der Waals surface area contributed by atoms with Gasteiger partial charge in [-0.2, -0.15) is 0 Å². The number of aryl methyl sites for hydroxylation is 1. The predicted octanol–water partition coefficient (Wildman–Crippen LogP) is 4.04. The Labute approximate surface area is 177 Å². The lowest BCUT2D eigenvalue weighted by atomic mass is 10.1. The third kappa shape index (κ3) is 4.96. The summed E-state index contributed by atoms with van der Waals surface area (Å²) in [6.07, 6.45) is 0. The van der Waals surface area contributed by atoms with Crippen molar-refractivity contribution in [1.29, 1.82) is 0 Å². The standard InChI is InChI=1S/C24H28N4O2/c1-3-27-12-14-28(15-13-27)17-19-6-10-21(11-7-19)25-24(29)23-16-22(26-30-23)20-8-4-18(2)5-9-20/h4-11,16H,3,12-15,17H2,1-2H3,(H,25,29). The van der Waals surface area contributed by atoms with Gasteiger partial charge in [0.25, 0.3) is 5.91 Å². The monoisotopic (exact) mass is 404 g/mol. The highest BCUT2D eigenvalue weighted by Gasteiger charge is 2.16. The van der Waals surface area contributed by atoms with E-state index in [0.29, 0.717) is 5.69 Å². The molecule has 6 heteroatoms. The normalized spacial score (nSPS) is 15.3. The number of aromatic nitrogens is 1. The number of hydrogen-bond acceptors (Lipinski definition) is 5. The van der Waals surface area contributed by atoms with Gasteiger partial charge in [-0.15, -0.1) is 0 Å². The third-order valence-corrected chi connectivity index (χ3v) is 5.61. The van der Waals surface area contributed by atoms with Crippen molar-refractivity contribution in [2.75, 3.05) is 38.0 Å². The number of piperazine rings is 1. The third-order valence-electron chi connectivity index (χ3n) is 5.61. The van der Waals surface area contributed by atoms with Crippen LogP contribution in [-0.2, 0) is 6.54 Å². The highest BCUT2D eigenvalue weighted by Crippen LogP contribution is 2.20. The maximum Gasteiger partial charge on any atom is 0.294 e. The molecule has 0 unspecified atom stereocenters. The van der Waals surface area contributed by atoms with Gasteiger partial charge in [0, 0.05) is 50.0 Å². The molecule has 1 fully saturated rings. The SMILES string of the molecule is CCN1CCN(Cc2ccc(NC(=O)c3cc(-c4ccc(C)cc4)no3)cc2)CC1. The zero-order valence-corrected chi connectivity index (χ0v) is 17.6. The second kappa shape index (κ2) is 9.24. The molecule has 3 aromatic rings. The lowest BCUT2D eigenvalue weighted by Gasteiger charge is -2.34. The second-order valence-electron chi connectivity index (χ2n) is 7.80. The summed E-state index contributed by atoms with van der Waals surface area (Å²) in [5, 5.41) is 6.91. The van der Waals surface area contributed by atoms with E-state index in [0.717, 1.165) is 50.5 Å². The summed E-state index contributed by atoms with van der Waals surface area (Å²) in [5.74, 6) is -0.104. The van der Waals surface area contributed by atoms with E-state index in [1.54, 1.807) is 6.07 Å². The molecule has 4 rings (SSSR count). The smallest absolute Gasteiger partial charge is 0.294 e. The molecule has 1 N–H and O–H groups in total. The Kier molecular flexibility index (Phi) is 6.26. The number of anilines is 1. The van der Waals surface area contributed by atoms with Crippen LogP contribution in [0.5, 0.6) is 0 Å². The molecule has 6 nitrogen and oxygen atoms in total. The minimum absolute atomic E-state index is 0.198. The molecule has 0 saturated carbocycles. The summed E-state index contributed by atoms with van der Waals surface area (Å²) in [6.45, 7) is 10.8. The van der Waals surface area contributed by atoms with Crippen molar-refractivity contribution in [1.82, 2.24) is 15.0 Å². The number of likely N-dealkylation sites (N-methyl/N-ethyl adjacent to an activating group) is 1. The van der Waals surface area contributed by atoms with E-state index in [2.05, 4.69) is 39.3 Å². The van der Waals surface area contributed by atoms with Crippen LogP contribution < -0.4 is 5.32 Å². The fourth-order valence-corrected chi connectivity index (χ4v) is 3.65. The fourth-order valence-electron chi connectivity index (χ4n) is 3.65. The number of nitrogens with zero attached hydrogens (tertiary/aromatic N) is 3. The first-order valence-corrected chi connectivity index (χ1v) is 10.5. The first-order chi connectivity index (χ1) is 14.6. The molecular weight excluding hydrogens is 376 g/mol. The molecule has 1 aliphatic heterocycles. The van der Waals surface area contributed by atoms with E-state index < -0.39 is 0 Å². The van der Waals surface area contributed by atoms with Gasteiger partial charge in [-0.1, -0.05) is 54.0 Å². The van der Waals surface area contributed by atoms with Gasteiger partial charge in [-0.25, -0.2) is 0 Å². The second-order valence-corrected chi connectivity index (χ2v) is 7.80. The summed E-state index contributed by atoms with van der Waals surface area (Å²) in [5.41, 5.74) is 4.74. The number of hydrogen-bond donors (Lipinski definition) is 1. The quantitative estimate of drug-likeness (QED) is 0.672. The summed E-state index contributed by atoms with van der Waals surface area (Å²) < 4.78 is 5.25. The Morgan fingerprint density at radius 1 is 1.00 bits per heavy atom. The van der Waals surface area contributed by atoms with Crippen LogP contribution in [0.1, 0.15) is 28.6 Å². The van der Waals surface area contributed by atoms with Gasteiger partial charge < -0.3 is 14.7 Å². The summed E-state index contributed by atoms with van der Waals surface area (Å²) in [6, 6.07) is 17.6. The molecule has 0 atom stereocenters. The maximum absolute atomic E-state index is 12.5. The summed E-state index contributed by atoms with van der Waals surface area (Å²) in [7, 11) is 0. The van der Waals surface area contributed by atoms with Crippen LogP contribution in [-0.4, -0.2) is 53.6 Å². The first kappa shape index (κ1) is 20.3. The average Bonchev–Trinajstić information content (AvgIpc) is 3.27. The molecule has 0 aliphatic carbocycles. The average molecular weight is 405 g/mol. The molecule has 0 bridgehead atoms. The van der Waals surface area contributed by atoms with Crippen LogP contribution in [0.3, 0.4) is 0 Å². The van der Waals surface area contributed by atoms with Crippen molar-refractivity contribution in [3.05, 3.63) is 71.5 Å². The Bertz CT molecular complexity index is 971. The van der Waals surface area contributed by atoms with Crippen molar-refractivity contribution < 1.29 is 9.32 Å². The number of benzene rings is 2. The van der Waals surface area contributed by atoms with Gasteiger partial charge >= 0.3 is 0 Å². The van der Waals surface area contributed by atoms with Crippen molar-refractivity contribution in [2.24, 2.45) is 0 Å². The van der Waals surface area contributed by atoms with Gasteiger partial charge in [0.15, 0.2) is 0 Å². The van der Waals surface area contributed by atoms with Crippen molar-refractivity contribution in [3.8, 4) is 11.3 Å². The van der Waals surface area contributed by atoms with Crippen LogP contribution in [0.25, 0.3) is 11.3 Å². The van der Waals surface area contributed by atoms with E-state index in [4.69, 9.17) is 4.52 Å². The molecule has 1 saturated heterocycles. The highest BCUT2D eigenvalue weighted by molar-refractivity contribution is 6.02. The number of rotatable bonds is 6. The Morgan fingerprint density at radius 2 is 1.67 bits per heavy atom. The number of amides is 1. The topological polar surface area (TPSA) is 61.6 Å². The molecule has 2 heterocycles. The Balaban J connectivity index is 1.33. The molecule has 2 aromatic carbocycles. The summed E-state index contributed by atoms with van der Waals surface area (Å²) >= 11 is 0. The number of carbonyl (C=O) groups is 1. The maximum atomic E-state index is 12.5. The van der Waals surface area contributed by atoms with Crippen LogP contribution in [0.4, 0.5) is 5.69 Å². The van der Waals surface area contributed by atoms with Gasteiger partial charge in [-0.3, -0.25) is 9.69 Å². The highest BCUT2D eigenvalue weighted by atomic mass is 16.5. The van der Waals surface area contributed by atoms with Crippen molar-refractivity contribution in [3.63, 3.8) is 0 Å². The fraction of sp³-hybridized carbons (Fsp3) is 0.333. The lowest BCUT2D eigenvalue weighted by molar-refractivity contribution is 0.0988. The number of nitrogens with one attached hydrogen (secondary N) is 1. The van der Waals surface area contributed by atoms with E-state index in [1.807, 2.05) is 43.3 Å². The Morgan fingerprint density at radius 3 is 2.33 bits per heavy atom. The van der Waals surface area contributed by atoms with Gasteiger partial charge in [-0.05, 0) is 31.2 Å². The number of carbonyl (C=O) groups excluding carboxylic acids is 1. The predicted molar refractivity (Wildman–Crippen MR) is 118 cm³/mol. The molecule has 1 aromatic heterocycles. The van der Waals surface area contributed by atoms with Gasteiger partial charge in [0.2, 0.25) is 5.76 Å². The lowest BCUT2D eigenvalue weighted by Crippen LogP contribution is -2.45. The zero-order valence-electron chi connectivity index (χ0n) is 17.6. The van der Waals surface area contributed by atoms with Gasteiger partial charge in [0.05, 0.1) is 0 Å². The van der Waals surface area contributed by atoms with E-state index >= 15 is 0 Å². The van der Waals surface area contributed by atoms with Crippen molar-refractivity contribution in [2.45, 2.75) is 20.4 Å². The van der Waals surface area contributed by atoms with Crippen molar-refractivity contribution >= 4 is 11.6 Å². The molecule has 1 aliphatic rings. The van der Waals surface area contributed by atoms with Crippen LogP contribution in [0, 0.1) is 6.92 Å². The molecule has 1 amide bonds. The van der Waals surface area contributed by atoms with Crippen LogP contribution in [0.2, 0.25) is 0 Å². The van der Waals surface area contributed by atoms with Crippen LogP contribution >= 0.6 is 0 Å². The molecule has 156 valence electrons. The van der Waals surface area contributed by atoms with E-state index in [-0.39, 0.29) is 11.7 Å². The minimum Gasteiger partial charge on any atom is -0.350 e. The largest absolute Gasteiger partial charge is 0.350 e. The first-order valence-electron chi connectivity index (χ1n) is 10.5. The minimum atomic E-state index is -0.302. The Hall–Kier alpha value is -2.96. The van der Waals surface area contributed by atoms with E-state index in [1.165, 1.54) is 11.1 Å². The molecule has 0 radical (unpaired) electrons. The van der Waals surface area contributed by atoms with Crippen LogP contribution in [0.15, 0.2) is 59.1 Å². The summed E-state index contributed by atoms with van der Waals surface area (Å²) in [4.78, 5) is 17.5. The molecule has 0 spiro atoms. The molecule has 30 heavy (non-hydrogen) atoms. The van der Waals surface area contributed by atoms with E-state index in [9.17, 15) is 4.79 Å². The zero-order chi connectivity index (χ0) is 20.9.